The van der Waals surface area contributed by atoms with Gasteiger partial charge in [-0.15, -0.1) is 0 Å². The van der Waals surface area contributed by atoms with Gasteiger partial charge in [-0.05, 0) is 6.92 Å². The van der Waals surface area contributed by atoms with Gasteiger partial charge in [-0.2, -0.15) is 0 Å². The van der Waals surface area contributed by atoms with Crippen molar-refractivity contribution in [3.05, 3.63) is 0 Å². The average molecular weight is 182 g/mol. The Labute approximate surface area is 72.9 Å². The monoisotopic (exact) mass is 182 g/mol. The van der Waals surface area contributed by atoms with E-state index >= 15 is 0 Å². The predicted octanol–water partition coefficient (Wildman–Crippen LogP) is -1.98. The summed E-state index contributed by atoms with van der Waals surface area (Å²) < 4.78 is 0. The molecule has 1 spiro atoms. The minimum Gasteiger partial charge on any atom is -0.293 e. The SMILES string of the molecule is CCN1C(=O)C2(C(=O)NC2=O)C1=O. The normalized spacial score (nSPS) is 24.2. The molecule has 2 saturated heterocycles. The van der Waals surface area contributed by atoms with Crippen LogP contribution in [-0.2, 0) is 19.2 Å². The second-order valence-electron chi connectivity index (χ2n) is 2.89. The molecule has 0 unspecified atom stereocenters. The number of hydrogen-bond donors (Lipinski definition) is 1. The molecule has 0 saturated carbocycles. The van der Waals surface area contributed by atoms with Crippen molar-refractivity contribution in [2.24, 2.45) is 5.41 Å². The summed E-state index contributed by atoms with van der Waals surface area (Å²) in [5, 5.41) is 1.86. The number of hydrogen-bond acceptors (Lipinski definition) is 4. The molecule has 0 aromatic rings. The molecule has 0 radical (unpaired) electrons. The fraction of sp³-hybridized carbons (Fsp3) is 0.429. The van der Waals surface area contributed by atoms with Gasteiger partial charge in [0.05, 0.1) is 0 Å². The Morgan fingerprint density at radius 2 is 1.62 bits per heavy atom. The van der Waals surface area contributed by atoms with Crippen molar-refractivity contribution >= 4 is 23.6 Å². The zero-order valence-corrected chi connectivity index (χ0v) is 6.79. The molecule has 13 heavy (non-hydrogen) atoms. The third kappa shape index (κ3) is 0.535. The molecule has 2 fully saturated rings. The van der Waals surface area contributed by atoms with Crippen LogP contribution in [0.2, 0.25) is 0 Å². The molecule has 0 aromatic carbocycles. The van der Waals surface area contributed by atoms with Gasteiger partial charge in [0.2, 0.25) is 0 Å². The van der Waals surface area contributed by atoms with E-state index in [2.05, 4.69) is 0 Å². The Hall–Kier alpha value is -1.72. The molecule has 6 heteroatoms. The highest BCUT2D eigenvalue weighted by Crippen LogP contribution is 2.39. The van der Waals surface area contributed by atoms with Gasteiger partial charge in [0.15, 0.2) is 0 Å². The lowest BCUT2D eigenvalue weighted by atomic mass is 9.70. The quantitative estimate of drug-likeness (QED) is 0.376. The Bertz CT molecular complexity index is 328. The first-order valence-electron chi connectivity index (χ1n) is 3.79. The molecule has 2 heterocycles. The van der Waals surface area contributed by atoms with Crippen molar-refractivity contribution in [3.8, 4) is 0 Å². The molecule has 2 rings (SSSR count). The molecule has 4 amide bonds. The molecule has 0 bridgehead atoms. The van der Waals surface area contributed by atoms with Gasteiger partial charge in [0.1, 0.15) is 0 Å². The Kier molecular flexibility index (Phi) is 1.19. The second kappa shape index (κ2) is 1.95. The van der Waals surface area contributed by atoms with E-state index < -0.39 is 29.0 Å². The number of likely N-dealkylation sites (tertiary alicyclic amines) is 1. The van der Waals surface area contributed by atoms with E-state index in [1.54, 1.807) is 6.92 Å². The molecule has 1 N–H and O–H groups in total. The minimum absolute atomic E-state index is 0.194. The molecule has 0 aromatic heterocycles. The fourth-order valence-electron chi connectivity index (χ4n) is 1.54. The molecule has 0 atom stereocenters. The number of carbonyl (C=O) groups is 4. The van der Waals surface area contributed by atoms with Crippen molar-refractivity contribution in [2.45, 2.75) is 6.92 Å². The van der Waals surface area contributed by atoms with E-state index in [-0.39, 0.29) is 6.54 Å². The van der Waals surface area contributed by atoms with Crippen LogP contribution in [0, 0.1) is 5.41 Å². The van der Waals surface area contributed by atoms with Crippen LogP contribution in [0.5, 0.6) is 0 Å². The van der Waals surface area contributed by atoms with Crippen molar-refractivity contribution < 1.29 is 19.2 Å². The van der Waals surface area contributed by atoms with Crippen LogP contribution >= 0.6 is 0 Å². The van der Waals surface area contributed by atoms with Crippen LogP contribution in [0.25, 0.3) is 0 Å². The first kappa shape index (κ1) is 7.90. The number of nitrogens with one attached hydrogen (secondary N) is 1. The van der Waals surface area contributed by atoms with Crippen molar-refractivity contribution in [1.82, 2.24) is 10.2 Å². The highest BCUT2D eigenvalue weighted by molar-refractivity contribution is 6.52. The first-order valence-corrected chi connectivity index (χ1v) is 3.79. The topological polar surface area (TPSA) is 83.6 Å². The van der Waals surface area contributed by atoms with E-state index in [9.17, 15) is 19.2 Å². The van der Waals surface area contributed by atoms with Crippen molar-refractivity contribution in [2.75, 3.05) is 6.54 Å². The molecule has 2 aliphatic heterocycles. The number of β-lactam (4-membered cyclic amide) rings is 4. The second-order valence-corrected chi connectivity index (χ2v) is 2.89. The zero-order valence-electron chi connectivity index (χ0n) is 6.79. The summed E-state index contributed by atoms with van der Waals surface area (Å²) >= 11 is 0. The summed E-state index contributed by atoms with van der Waals surface area (Å²) in [6, 6.07) is 0. The third-order valence-electron chi connectivity index (χ3n) is 2.36. The van der Waals surface area contributed by atoms with Crippen LogP contribution in [-0.4, -0.2) is 35.1 Å². The molecular formula is C7H6N2O4. The lowest BCUT2D eigenvalue weighted by molar-refractivity contribution is -0.188. The Morgan fingerprint density at radius 1 is 1.15 bits per heavy atom. The smallest absolute Gasteiger partial charge is 0.284 e. The van der Waals surface area contributed by atoms with Gasteiger partial charge < -0.3 is 0 Å². The number of rotatable bonds is 1. The lowest BCUT2D eigenvalue weighted by Gasteiger charge is -2.47. The van der Waals surface area contributed by atoms with Gasteiger partial charge in [-0.1, -0.05) is 0 Å². The van der Waals surface area contributed by atoms with E-state index in [0.717, 1.165) is 4.90 Å². The standard InChI is InChI=1S/C7H6N2O4/c1-2-9-5(12)7(6(9)13)3(10)8-4(7)11/h2H2,1H3,(H,8,10,11). The number of carbonyl (C=O) groups excluding carboxylic acids is 4. The van der Waals surface area contributed by atoms with E-state index in [1.807, 2.05) is 5.32 Å². The summed E-state index contributed by atoms with van der Waals surface area (Å²) in [5.74, 6) is -2.99. The van der Waals surface area contributed by atoms with E-state index in [4.69, 9.17) is 0 Å². The van der Waals surface area contributed by atoms with Crippen LogP contribution in [0.4, 0.5) is 0 Å². The highest BCUT2D eigenvalue weighted by Gasteiger charge is 2.76. The highest BCUT2D eigenvalue weighted by atomic mass is 16.2. The summed E-state index contributed by atoms with van der Waals surface area (Å²) in [6.07, 6.45) is 0. The first-order chi connectivity index (χ1) is 6.06. The number of nitrogens with zero attached hydrogens (tertiary/aromatic N) is 1. The van der Waals surface area contributed by atoms with Crippen molar-refractivity contribution in [1.29, 1.82) is 0 Å². The number of amides is 4. The van der Waals surface area contributed by atoms with E-state index in [0.29, 0.717) is 0 Å². The maximum absolute atomic E-state index is 11.3. The van der Waals surface area contributed by atoms with Gasteiger partial charge in [-0.25, -0.2) is 0 Å². The van der Waals surface area contributed by atoms with Crippen LogP contribution in [0.3, 0.4) is 0 Å². The van der Waals surface area contributed by atoms with Gasteiger partial charge in [-0.3, -0.25) is 29.4 Å². The van der Waals surface area contributed by atoms with Gasteiger partial charge in [0, 0.05) is 6.54 Å². The average Bonchev–Trinajstić information content (AvgIpc) is 2.05. The van der Waals surface area contributed by atoms with Gasteiger partial charge in [0.25, 0.3) is 29.0 Å². The summed E-state index contributed by atoms with van der Waals surface area (Å²) in [6.45, 7) is 1.80. The Morgan fingerprint density at radius 3 is 1.92 bits per heavy atom. The van der Waals surface area contributed by atoms with Crippen LogP contribution in [0.15, 0.2) is 0 Å². The van der Waals surface area contributed by atoms with Gasteiger partial charge >= 0.3 is 0 Å². The maximum Gasteiger partial charge on any atom is 0.284 e. The molecule has 68 valence electrons. The molecule has 0 aliphatic carbocycles. The predicted molar refractivity (Wildman–Crippen MR) is 38.0 cm³/mol. The summed E-state index contributed by atoms with van der Waals surface area (Å²) in [5.41, 5.74) is -1.99. The molecule has 2 aliphatic rings. The van der Waals surface area contributed by atoms with Crippen molar-refractivity contribution in [3.63, 3.8) is 0 Å². The fourth-order valence-corrected chi connectivity index (χ4v) is 1.54. The number of imide groups is 2. The van der Waals surface area contributed by atoms with Crippen LogP contribution in [0.1, 0.15) is 6.92 Å². The van der Waals surface area contributed by atoms with E-state index in [1.165, 1.54) is 0 Å². The minimum atomic E-state index is -1.99. The lowest BCUT2D eigenvalue weighted by Crippen LogP contribution is -2.83. The molecule has 6 nitrogen and oxygen atoms in total. The maximum atomic E-state index is 11.3. The summed E-state index contributed by atoms with van der Waals surface area (Å²) in [4.78, 5) is 45.2. The third-order valence-corrected chi connectivity index (χ3v) is 2.36. The molecular weight excluding hydrogens is 176 g/mol. The largest absolute Gasteiger partial charge is 0.293 e. The van der Waals surface area contributed by atoms with Crippen LogP contribution < -0.4 is 5.32 Å². The zero-order chi connectivity index (χ0) is 9.80. The Balaban J connectivity index is 2.38. The summed E-state index contributed by atoms with van der Waals surface area (Å²) in [7, 11) is 0.